The SMILES string of the molecule is CC(C)(O)CC1CCN(C(=O)Cn2cc3cc(NC(=O)c4cccc(C(F)(F)F)n4)c(Cl)cc3n2)CC1. The second-order valence-corrected chi connectivity index (χ2v) is 10.3. The number of hydrogen-bond acceptors (Lipinski definition) is 5. The number of benzene rings is 1. The van der Waals surface area contributed by atoms with E-state index in [2.05, 4.69) is 15.4 Å². The number of aromatic nitrogens is 3. The maximum atomic E-state index is 12.9. The molecule has 0 aliphatic carbocycles. The number of aliphatic hydroxyl groups is 1. The molecule has 1 aromatic carbocycles. The van der Waals surface area contributed by atoms with Crippen LogP contribution in [0.1, 0.15) is 49.3 Å². The predicted molar refractivity (Wildman–Crippen MR) is 132 cm³/mol. The van der Waals surface area contributed by atoms with E-state index in [1.165, 1.54) is 16.8 Å². The summed E-state index contributed by atoms with van der Waals surface area (Å²) in [5.74, 6) is -0.550. The average Bonchev–Trinajstić information content (AvgIpc) is 3.19. The zero-order chi connectivity index (χ0) is 27.0. The highest BCUT2D eigenvalue weighted by molar-refractivity contribution is 6.34. The van der Waals surface area contributed by atoms with Gasteiger partial charge in [-0.1, -0.05) is 17.7 Å². The van der Waals surface area contributed by atoms with Crippen LogP contribution in [0.3, 0.4) is 0 Å². The van der Waals surface area contributed by atoms with Crippen molar-refractivity contribution in [2.24, 2.45) is 5.92 Å². The van der Waals surface area contributed by atoms with E-state index in [-0.39, 0.29) is 23.2 Å². The van der Waals surface area contributed by atoms with E-state index < -0.39 is 29.1 Å². The molecule has 1 fully saturated rings. The van der Waals surface area contributed by atoms with Crippen molar-refractivity contribution in [3.05, 3.63) is 52.9 Å². The number of hydrogen-bond donors (Lipinski definition) is 2. The molecule has 1 aliphatic heterocycles. The van der Waals surface area contributed by atoms with Crippen molar-refractivity contribution in [2.45, 2.75) is 51.4 Å². The number of nitrogens with one attached hydrogen (secondary N) is 1. The van der Waals surface area contributed by atoms with Gasteiger partial charge in [0.05, 0.1) is 21.8 Å². The van der Waals surface area contributed by atoms with Crippen molar-refractivity contribution in [2.75, 3.05) is 18.4 Å². The molecule has 0 bridgehead atoms. The molecular weight excluding hydrogens is 511 g/mol. The number of amides is 2. The minimum atomic E-state index is -4.68. The number of rotatable bonds is 6. The summed E-state index contributed by atoms with van der Waals surface area (Å²) < 4.78 is 40.3. The van der Waals surface area contributed by atoms with Gasteiger partial charge in [0.15, 0.2) is 0 Å². The van der Waals surface area contributed by atoms with E-state index >= 15 is 0 Å². The van der Waals surface area contributed by atoms with Crippen LogP contribution in [0.2, 0.25) is 5.02 Å². The van der Waals surface area contributed by atoms with Crippen molar-refractivity contribution in [3.8, 4) is 0 Å². The highest BCUT2D eigenvalue weighted by atomic mass is 35.5. The number of pyridine rings is 1. The Bertz CT molecular complexity index is 1310. The topological polar surface area (TPSA) is 100 Å². The lowest BCUT2D eigenvalue weighted by Gasteiger charge is -2.34. The fraction of sp³-hybridized carbons (Fsp3) is 0.440. The monoisotopic (exact) mass is 537 g/mol. The van der Waals surface area contributed by atoms with E-state index in [1.54, 1.807) is 31.0 Å². The van der Waals surface area contributed by atoms with Gasteiger partial charge < -0.3 is 15.3 Å². The van der Waals surface area contributed by atoms with Crippen LogP contribution < -0.4 is 5.32 Å². The Kier molecular flexibility index (Phi) is 7.48. The maximum absolute atomic E-state index is 12.9. The third kappa shape index (κ3) is 6.78. The minimum Gasteiger partial charge on any atom is -0.390 e. The third-order valence-electron chi connectivity index (χ3n) is 6.21. The quantitative estimate of drug-likeness (QED) is 0.472. The zero-order valence-electron chi connectivity index (χ0n) is 20.3. The van der Waals surface area contributed by atoms with Gasteiger partial charge >= 0.3 is 6.18 Å². The summed E-state index contributed by atoms with van der Waals surface area (Å²) in [5.41, 5.74) is -1.63. The number of likely N-dealkylation sites (tertiary alicyclic amines) is 1. The molecule has 0 saturated carbocycles. The smallest absolute Gasteiger partial charge is 0.390 e. The van der Waals surface area contributed by atoms with Crippen LogP contribution in [-0.4, -0.2) is 55.3 Å². The van der Waals surface area contributed by atoms with Crippen LogP contribution in [0.5, 0.6) is 0 Å². The second kappa shape index (κ2) is 10.3. The molecule has 0 spiro atoms. The molecule has 2 N–H and O–H groups in total. The molecule has 4 rings (SSSR count). The third-order valence-corrected chi connectivity index (χ3v) is 6.53. The van der Waals surface area contributed by atoms with Crippen molar-refractivity contribution >= 4 is 40.0 Å². The first-order valence-electron chi connectivity index (χ1n) is 11.8. The normalized spacial score (nSPS) is 15.3. The molecule has 37 heavy (non-hydrogen) atoms. The molecule has 8 nitrogen and oxygen atoms in total. The van der Waals surface area contributed by atoms with Gasteiger partial charge in [0.1, 0.15) is 17.9 Å². The lowest BCUT2D eigenvalue weighted by molar-refractivity contribution is -0.141. The highest BCUT2D eigenvalue weighted by Gasteiger charge is 2.33. The number of piperidine rings is 1. The van der Waals surface area contributed by atoms with Gasteiger partial charge in [0.25, 0.3) is 5.91 Å². The van der Waals surface area contributed by atoms with Gasteiger partial charge in [-0.25, -0.2) is 4.98 Å². The Morgan fingerprint density at radius 1 is 1.19 bits per heavy atom. The van der Waals surface area contributed by atoms with E-state index in [9.17, 15) is 27.9 Å². The predicted octanol–water partition coefficient (Wildman–Crippen LogP) is 4.76. The number of halogens is 4. The molecule has 3 heterocycles. The van der Waals surface area contributed by atoms with E-state index in [4.69, 9.17) is 11.6 Å². The van der Waals surface area contributed by atoms with Crippen LogP contribution in [0.25, 0.3) is 10.9 Å². The molecule has 0 atom stereocenters. The summed E-state index contributed by atoms with van der Waals surface area (Å²) in [6.07, 6.45) is -0.677. The molecule has 1 saturated heterocycles. The Morgan fingerprint density at radius 2 is 1.89 bits per heavy atom. The van der Waals surface area contributed by atoms with Crippen LogP contribution >= 0.6 is 11.6 Å². The first kappa shape index (κ1) is 26.9. The fourth-order valence-corrected chi connectivity index (χ4v) is 4.72. The van der Waals surface area contributed by atoms with Crippen molar-refractivity contribution < 1.29 is 27.9 Å². The van der Waals surface area contributed by atoms with Crippen molar-refractivity contribution in [1.82, 2.24) is 19.7 Å². The summed E-state index contributed by atoms with van der Waals surface area (Å²) in [7, 11) is 0. The van der Waals surface area contributed by atoms with Crippen molar-refractivity contribution in [1.29, 1.82) is 0 Å². The summed E-state index contributed by atoms with van der Waals surface area (Å²) in [4.78, 5) is 30.5. The van der Waals surface area contributed by atoms with Gasteiger partial charge in [-0.2, -0.15) is 18.3 Å². The van der Waals surface area contributed by atoms with Gasteiger partial charge in [-0.3, -0.25) is 14.3 Å². The maximum Gasteiger partial charge on any atom is 0.433 e. The molecule has 2 aromatic heterocycles. The second-order valence-electron chi connectivity index (χ2n) is 9.92. The van der Waals surface area contributed by atoms with Crippen LogP contribution in [-0.2, 0) is 17.5 Å². The van der Waals surface area contributed by atoms with E-state index in [1.807, 2.05) is 0 Å². The number of carbonyl (C=O) groups excluding carboxylic acids is 2. The van der Waals surface area contributed by atoms with E-state index in [0.29, 0.717) is 36.3 Å². The number of anilines is 1. The number of carbonyl (C=O) groups is 2. The Morgan fingerprint density at radius 3 is 2.54 bits per heavy atom. The molecule has 3 aromatic rings. The number of fused-ring (bicyclic) bond motifs is 1. The number of alkyl halides is 3. The molecule has 2 amide bonds. The first-order valence-corrected chi connectivity index (χ1v) is 12.2. The van der Waals surface area contributed by atoms with Gasteiger partial charge in [-0.15, -0.1) is 0 Å². The van der Waals surface area contributed by atoms with Gasteiger partial charge in [0, 0.05) is 24.7 Å². The minimum absolute atomic E-state index is 0.0261. The van der Waals surface area contributed by atoms with Gasteiger partial charge in [-0.05, 0) is 63.3 Å². The molecule has 0 radical (unpaired) electrons. The lowest BCUT2D eigenvalue weighted by Crippen LogP contribution is -2.41. The largest absolute Gasteiger partial charge is 0.433 e. The van der Waals surface area contributed by atoms with Crippen LogP contribution in [0, 0.1) is 5.92 Å². The molecule has 1 aliphatic rings. The Balaban J connectivity index is 1.42. The summed E-state index contributed by atoms with van der Waals surface area (Å²) in [6, 6.07) is 6.11. The van der Waals surface area contributed by atoms with Crippen LogP contribution in [0.4, 0.5) is 18.9 Å². The summed E-state index contributed by atoms with van der Waals surface area (Å²) in [5, 5.41) is 17.6. The summed E-state index contributed by atoms with van der Waals surface area (Å²) >= 11 is 6.28. The molecule has 0 unspecified atom stereocenters. The van der Waals surface area contributed by atoms with Crippen LogP contribution in [0.15, 0.2) is 36.5 Å². The van der Waals surface area contributed by atoms with Crippen molar-refractivity contribution in [3.63, 3.8) is 0 Å². The fourth-order valence-electron chi connectivity index (χ4n) is 4.51. The average molecular weight is 538 g/mol. The Hall–Kier alpha value is -3.18. The van der Waals surface area contributed by atoms with Gasteiger partial charge in [0.2, 0.25) is 5.91 Å². The summed E-state index contributed by atoms with van der Waals surface area (Å²) in [6.45, 7) is 4.84. The highest BCUT2D eigenvalue weighted by Crippen LogP contribution is 2.30. The number of nitrogens with zero attached hydrogens (tertiary/aromatic N) is 4. The van der Waals surface area contributed by atoms with E-state index in [0.717, 1.165) is 25.0 Å². The first-order chi connectivity index (χ1) is 17.3. The lowest BCUT2D eigenvalue weighted by atomic mass is 9.86. The standard InChI is InChI=1S/C25H27ClF3N5O3/c1-24(2,37)12-15-6-8-33(9-7-15)22(35)14-34-13-16-10-20(17(26)11-19(16)32-34)31-23(36)18-4-3-5-21(30-18)25(27,28)29/h3-5,10-11,13,15,37H,6-9,12,14H2,1-2H3,(H,31,36). The molecule has 12 heteroatoms. The molecular formula is C25H27ClF3N5O3. The zero-order valence-corrected chi connectivity index (χ0v) is 21.1. The Labute approximate surface area is 216 Å². The molecule has 198 valence electrons.